The second-order valence-corrected chi connectivity index (χ2v) is 4.11. The summed E-state index contributed by atoms with van der Waals surface area (Å²) in [5.41, 5.74) is 0. The molecule has 1 aliphatic rings. The Bertz CT molecular complexity index is 188. The number of rotatable bonds is 4. The van der Waals surface area contributed by atoms with Gasteiger partial charge in [0.1, 0.15) is 6.04 Å². The molecule has 0 bridgehead atoms. The summed E-state index contributed by atoms with van der Waals surface area (Å²) in [7, 11) is 0. The van der Waals surface area contributed by atoms with E-state index in [-0.39, 0.29) is 5.92 Å². The zero-order valence-corrected chi connectivity index (χ0v) is 8.82. The SMILES string of the molecule is CC(C)C(NC1CCOCC1)C(=O)O. The van der Waals surface area contributed by atoms with Crippen molar-refractivity contribution >= 4 is 5.97 Å². The fourth-order valence-corrected chi connectivity index (χ4v) is 1.67. The predicted octanol–water partition coefficient (Wildman–Crippen LogP) is 0.864. The molecule has 1 unspecified atom stereocenters. The number of nitrogens with one attached hydrogen (secondary N) is 1. The van der Waals surface area contributed by atoms with Gasteiger partial charge in [0.05, 0.1) is 0 Å². The van der Waals surface area contributed by atoms with Crippen LogP contribution in [0.4, 0.5) is 0 Å². The van der Waals surface area contributed by atoms with Gasteiger partial charge < -0.3 is 15.2 Å². The van der Waals surface area contributed by atoms with Crippen molar-refractivity contribution in [1.82, 2.24) is 5.32 Å². The van der Waals surface area contributed by atoms with Crippen LogP contribution in [0.2, 0.25) is 0 Å². The third-order valence-electron chi connectivity index (χ3n) is 2.57. The lowest BCUT2D eigenvalue weighted by molar-refractivity contribution is -0.141. The highest BCUT2D eigenvalue weighted by Gasteiger charge is 2.25. The zero-order valence-electron chi connectivity index (χ0n) is 8.82. The van der Waals surface area contributed by atoms with Crippen molar-refractivity contribution in [3.63, 3.8) is 0 Å². The minimum atomic E-state index is -0.758. The highest BCUT2D eigenvalue weighted by atomic mass is 16.5. The van der Waals surface area contributed by atoms with Crippen LogP contribution in [0.15, 0.2) is 0 Å². The molecule has 4 heteroatoms. The van der Waals surface area contributed by atoms with Crippen molar-refractivity contribution in [1.29, 1.82) is 0 Å². The molecule has 82 valence electrons. The van der Waals surface area contributed by atoms with Gasteiger partial charge in [0.25, 0.3) is 0 Å². The Kier molecular flexibility index (Phi) is 4.35. The summed E-state index contributed by atoms with van der Waals surface area (Å²) < 4.78 is 5.21. The molecule has 1 fully saturated rings. The van der Waals surface area contributed by atoms with E-state index in [2.05, 4.69) is 5.32 Å². The molecule has 0 aromatic rings. The van der Waals surface area contributed by atoms with Crippen LogP contribution in [-0.4, -0.2) is 36.4 Å². The molecule has 1 atom stereocenters. The number of hydrogen-bond acceptors (Lipinski definition) is 3. The summed E-state index contributed by atoms with van der Waals surface area (Å²) in [6.07, 6.45) is 1.83. The van der Waals surface area contributed by atoms with Gasteiger partial charge in [0.2, 0.25) is 0 Å². The fraction of sp³-hybridized carbons (Fsp3) is 0.900. The minimum Gasteiger partial charge on any atom is -0.480 e. The molecule has 0 aromatic carbocycles. The Labute approximate surface area is 84.6 Å². The molecule has 0 amide bonds. The Morgan fingerprint density at radius 1 is 1.43 bits per heavy atom. The monoisotopic (exact) mass is 201 g/mol. The maximum absolute atomic E-state index is 10.9. The van der Waals surface area contributed by atoms with Gasteiger partial charge in [-0.2, -0.15) is 0 Å². The van der Waals surface area contributed by atoms with Crippen molar-refractivity contribution < 1.29 is 14.6 Å². The standard InChI is InChI=1S/C10H19NO3/c1-7(2)9(10(12)13)11-8-3-5-14-6-4-8/h7-9,11H,3-6H2,1-2H3,(H,12,13). The lowest BCUT2D eigenvalue weighted by atomic mass is 10.0. The molecule has 1 saturated heterocycles. The number of carboxylic acids is 1. The molecule has 14 heavy (non-hydrogen) atoms. The van der Waals surface area contributed by atoms with Crippen molar-refractivity contribution in [2.75, 3.05) is 13.2 Å². The van der Waals surface area contributed by atoms with Gasteiger partial charge in [-0.1, -0.05) is 13.8 Å². The molecule has 4 nitrogen and oxygen atoms in total. The Balaban J connectivity index is 2.41. The molecule has 1 heterocycles. The molecule has 0 saturated carbocycles. The average Bonchev–Trinajstić information content (AvgIpc) is 2.15. The molecule has 0 radical (unpaired) electrons. The van der Waals surface area contributed by atoms with Crippen molar-refractivity contribution in [2.24, 2.45) is 5.92 Å². The second-order valence-electron chi connectivity index (χ2n) is 4.11. The Hall–Kier alpha value is -0.610. The van der Waals surface area contributed by atoms with Gasteiger partial charge in [-0.05, 0) is 18.8 Å². The van der Waals surface area contributed by atoms with Crippen LogP contribution in [0.3, 0.4) is 0 Å². The van der Waals surface area contributed by atoms with Crippen LogP contribution >= 0.6 is 0 Å². The summed E-state index contributed by atoms with van der Waals surface area (Å²) in [6.45, 7) is 5.32. The van der Waals surface area contributed by atoms with Crippen molar-refractivity contribution in [3.05, 3.63) is 0 Å². The second kappa shape index (κ2) is 5.32. The van der Waals surface area contributed by atoms with Crippen LogP contribution < -0.4 is 5.32 Å². The smallest absolute Gasteiger partial charge is 0.320 e. The van der Waals surface area contributed by atoms with Gasteiger partial charge in [-0.25, -0.2) is 0 Å². The Morgan fingerprint density at radius 3 is 2.43 bits per heavy atom. The van der Waals surface area contributed by atoms with Gasteiger partial charge >= 0.3 is 5.97 Å². The molecule has 0 aliphatic carbocycles. The first kappa shape index (κ1) is 11.5. The highest BCUT2D eigenvalue weighted by Crippen LogP contribution is 2.10. The van der Waals surface area contributed by atoms with E-state index >= 15 is 0 Å². The molecule has 1 rings (SSSR count). The number of hydrogen-bond donors (Lipinski definition) is 2. The third-order valence-corrected chi connectivity index (χ3v) is 2.57. The first-order valence-electron chi connectivity index (χ1n) is 5.18. The maximum atomic E-state index is 10.9. The van der Waals surface area contributed by atoms with E-state index in [1.165, 1.54) is 0 Å². The maximum Gasteiger partial charge on any atom is 0.320 e. The first-order valence-corrected chi connectivity index (χ1v) is 5.18. The summed E-state index contributed by atoms with van der Waals surface area (Å²) >= 11 is 0. The number of aliphatic carboxylic acids is 1. The Morgan fingerprint density at radius 2 is 2.00 bits per heavy atom. The molecule has 0 aromatic heterocycles. The van der Waals surface area contributed by atoms with E-state index in [0.29, 0.717) is 6.04 Å². The first-order chi connectivity index (χ1) is 6.61. The van der Waals surface area contributed by atoms with E-state index < -0.39 is 12.0 Å². The van der Waals surface area contributed by atoms with Gasteiger partial charge in [0, 0.05) is 19.3 Å². The van der Waals surface area contributed by atoms with Gasteiger partial charge in [0.15, 0.2) is 0 Å². The quantitative estimate of drug-likeness (QED) is 0.708. The highest BCUT2D eigenvalue weighted by molar-refractivity contribution is 5.73. The lowest BCUT2D eigenvalue weighted by Gasteiger charge is -2.28. The molecule has 1 aliphatic heterocycles. The van der Waals surface area contributed by atoms with Crippen LogP contribution in [0.25, 0.3) is 0 Å². The van der Waals surface area contributed by atoms with Crippen LogP contribution in [0.1, 0.15) is 26.7 Å². The van der Waals surface area contributed by atoms with E-state index in [1.54, 1.807) is 0 Å². The zero-order chi connectivity index (χ0) is 10.6. The summed E-state index contributed by atoms with van der Waals surface area (Å²) in [5.74, 6) is -0.637. The van der Waals surface area contributed by atoms with E-state index in [9.17, 15) is 4.79 Å². The number of ether oxygens (including phenoxy) is 1. The fourth-order valence-electron chi connectivity index (χ4n) is 1.67. The molecular weight excluding hydrogens is 182 g/mol. The summed E-state index contributed by atoms with van der Waals surface area (Å²) in [5, 5.41) is 12.2. The van der Waals surface area contributed by atoms with Crippen LogP contribution in [0.5, 0.6) is 0 Å². The lowest BCUT2D eigenvalue weighted by Crippen LogP contribution is -2.48. The van der Waals surface area contributed by atoms with E-state index in [1.807, 2.05) is 13.8 Å². The normalized spacial score (nSPS) is 21.1. The van der Waals surface area contributed by atoms with E-state index in [0.717, 1.165) is 26.1 Å². The minimum absolute atomic E-state index is 0.121. The third kappa shape index (κ3) is 3.27. The molecular formula is C10H19NO3. The largest absolute Gasteiger partial charge is 0.480 e. The summed E-state index contributed by atoms with van der Waals surface area (Å²) in [6, 6.07) is -0.134. The van der Waals surface area contributed by atoms with Crippen LogP contribution in [-0.2, 0) is 9.53 Å². The van der Waals surface area contributed by atoms with Crippen molar-refractivity contribution in [2.45, 2.75) is 38.8 Å². The molecule has 0 spiro atoms. The van der Waals surface area contributed by atoms with Gasteiger partial charge in [-0.15, -0.1) is 0 Å². The topological polar surface area (TPSA) is 58.6 Å². The number of carbonyl (C=O) groups is 1. The summed E-state index contributed by atoms with van der Waals surface area (Å²) in [4.78, 5) is 10.9. The average molecular weight is 201 g/mol. The van der Waals surface area contributed by atoms with Crippen LogP contribution in [0, 0.1) is 5.92 Å². The number of carboxylic acid groups (broad SMARTS) is 1. The molecule has 2 N–H and O–H groups in total. The predicted molar refractivity (Wildman–Crippen MR) is 53.2 cm³/mol. The van der Waals surface area contributed by atoms with E-state index in [4.69, 9.17) is 9.84 Å². The van der Waals surface area contributed by atoms with Gasteiger partial charge in [-0.3, -0.25) is 4.79 Å². The van der Waals surface area contributed by atoms with Crippen molar-refractivity contribution in [3.8, 4) is 0 Å².